The first-order valence-electron chi connectivity index (χ1n) is 4.86. The van der Waals surface area contributed by atoms with Crippen LogP contribution in [0.5, 0.6) is 0 Å². The zero-order valence-electron chi connectivity index (χ0n) is 9.16. The van der Waals surface area contributed by atoms with Gasteiger partial charge in [-0.05, 0) is 12.1 Å². The number of nitrogens with one attached hydrogen (secondary N) is 1. The number of hydrogen-bond acceptors (Lipinski definition) is 4. The third-order valence-electron chi connectivity index (χ3n) is 2.16. The van der Waals surface area contributed by atoms with E-state index in [2.05, 4.69) is 9.82 Å². The third-order valence-corrected chi connectivity index (χ3v) is 3.59. The molecule has 0 aliphatic heterocycles. The maximum atomic E-state index is 12.0. The van der Waals surface area contributed by atoms with Crippen LogP contribution in [0.4, 0.5) is 11.5 Å². The summed E-state index contributed by atoms with van der Waals surface area (Å²) in [6, 6.07) is 7.84. The molecular formula is C10H12N4O2S. The van der Waals surface area contributed by atoms with Crippen LogP contribution in [0, 0.1) is 0 Å². The van der Waals surface area contributed by atoms with Gasteiger partial charge >= 0.3 is 0 Å². The molecule has 17 heavy (non-hydrogen) atoms. The predicted molar refractivity (Wildman–Crippen MR) is 64.9 cm³/mol. The fraction of sp³-hybridized carbons (Fsp3) is 0.100. The van der Waals surface area contributed by atoms with E-state index in [0.717, 1.165) is 0 Å². The maximum Gasteiger partial charge on any atom is 0.265 e. The normalized spacial score (nSPS) is 11.4. The van der Waals surface area contributed by atoms with Crippen molar-refractivity contribution in [2.45, 2.75) is 4.90 Å². The minimum Gasteiger partial charge on any atom is -0.398 e. The topological polar surface area (TPSA) is 90.0 Å². The molecule has 90 valence electrons. The second kappa shape index (κ2) is 4.10. The number of hydrogen-bond donors (Lipinski definition) is 2. The van der Waals surface area contributed by atoms with E-state index in [-0.39, 0.29) is 16.4 Å². The van der Waals surface area contributed by atoms with Crippen molar-refractivity contribution in [3.8, 4) is 0 Å². The van der Waals surface area contributed by atoms with E-state index < -0.39 is 10.0 Å². The molecule has 0 fully saturated rings. The number of nitrogen functional groups attached to an aromatic ring is 1. The van der Waals surface area contributed by atoms with Gasteiger partial charge in [0.15, 0.2) is 5.82 Å². The van der Waals surface area contributed by atoms with Gasteiger partial charge in [0.25, 0.3) is 10.0 Å². The second-order valence-electron chi connectivity index (χ2n) is 3.52. The summed E-state index contributed by atoms with van der Waals surface area (Å²) in [6.07, 6.45) is 1.65. The quantitative estimate of drug-likeness (QED) is 0.791. The van der Waals surface area contributed by atoms with Gasteiger partial charge in [-0.2, -0.15) is 5.10 Å². The first-order valence-corrected chi connectivity index (χ1v) is 6.34. The number of rotatable bonds is 3. The number of anilines is 2. The lowest BCUT2D eigenvalue weighted by molar-refractivity contribution is 0.601. The largest absolute Gasteiger partial charge is 0.398 e. The number of aromatic nitrogens is 2. The molecule has 2 rings (SSSR count). The minimum absolute atomic E-state index is 0.0469. The Morgan fingerprint density at radius 2 is 2.00 bits per heavy atom. The zero-order chi connectivity index (χ0) is 12.5. The van der Waals surface area contributed by atoms with Crippen molar-refractivity contribution >= 4 is 21.5 Å². The summed E-state index contributed by atoms with van der Waals surface area (Å²) in [5.41, 5.74) is 5.83. The molecule has 0 spiro atoms. The Kier molecular flexibility index (Phi) is 2.76. The van der Waals surface area contributed by atoms with Crippen molar-refractivity contribution < 1.29 is 8.42 Å². The molecule has 0 amide bonds. The summed E-state index contributed by atoms with van der Waals surface area (Å²) in [5.74, 6) is 0.260. The predicted octanol–water partition coefficient (Wildman–Crippen LogP) is 0.803. The molecule has 0 saturated heterocycles. The SMILES string of the molecule is Cn1ccc(NS(=O)(=O)c2ccccc2N)n1. The molecule has 0 aliphatic rings. The highest BCUT2D eigenvalue weighted by molar-refractivity contribution is 7.92. The lowest BCUT2D eigenvalue weighted by Crippen LogP contribution is -2.15. The molecule has 0 unspecified atom stereocenters. The summed E-state index contributed by atoms with van der Waals surface area (Å²) in [7, 11) is -1.98. The van der Waals surface area contributed by atoms with E-state index in [4.69, 9.17) is 5.73 Å². The molecule has 1 aromatic carbocycles. The molecule has 0 bridgehead atoms. The van der Waals surface area contributed by atoms with Crippen LogP contribution < -0.4 is 10.5 Å². The van der Waals surface area contributed by atoms with Crippen molar-refractivity contribution in [2.24, 2.45) is 7.05 Å². The van der Waals surface area contributed by atoms with Gasteiger partial charge in [0.2, 0.25) is 0 Å². The Balaban J connectivity index is 2.35. The van der Waals surface area contributed by atoms with Crippen LogP contribution >= 0.6 is 0 Å². The first-order chi connectivity index (χ1) is 7.99. The number of benzene rings is 1. The maximum absolute atomic E-state index is 12.0. The van der Waals surface area contributed by atoms with Crippen LogP contribution in [0.15, 0.2) is 41.4 Å². The van der Waals surface area contributed by atoms with Crippen LogP contribution in [-0.2, 0) is 17.1 Å². The average molecular weight is 252 g/mol. The minimum atomic E-state index is -3.68. The van der Waals surface area contributed by atoms with Crippen LogP contribution in [0.25, 0.3) is 0 Å². The average Bonchev–Trinajstić information content (AvgIpc) is 2.63. The molecule has 7 heteroatoms. The summed E-state index contributed by atoms with van der Waals surface area (Å²) in [4.78, 5) is 0.0469. The van der Waals surface area contributed by atoms with E-state index in [9.17, 15) is 8.42 Å². The molecule has 0 aliphatic carbocycles. The number of aryl methyl sites for hydroxylation is 1. The van der Waals surface area contributed by atoms with Gasteiger partial charge in [0.05, 0.1) is 5.69 Å². The highest BCUT2D eigenvalue weighted by Gasteiger charge is 2.17. The van der Waals surface area contributed by atoms with Crippen molar-refractivity contribution in [3.63, 3.8) is 0 Å². The molecule has 0 atom stereocenters. The van der Waals surface area contributed by atoms with Gasteiger partial charge in [-0.25, -0.2) is 8.42 Å². The van der Waals surface area contributed by atoms with Gasteiger partial charge in [-0.3, -0.25) is 9.40 Å². The first kappa shape index (κ1) is 11.5. The summed E-state index contributed by atoms with van der Waals surface area (Å²) >= 11 is 0. The number of para-hydroxylation sites is 1. The third kappa shape index (κ3) is 2.39. The number of nitrogens with two attached hydrogens (primary N) is 1. The lowest BCUT2D eigenvalue weighted by Gasteiger charge is -2.07. The Bertz CT molecular complexity index is 633. The van der Waals surface area contributed by atoms with Crippen molar-refractivity contribution in [3.05, 3.63) is 36.5 Å². The molecule has 1 aromatic heterocycles. The molecule has 1 heterocycles. The van der Waals surface area contributed by atoms with E-state index in [1.54, 1.807) is 31.4 Å². The summed E-state index contributed by atoms with van der Waals surface area (Å²) < 4.78 is 27.8. The molecule has 0 radical (unpaired) electrons. The Labute approximate surface area is 99.1 Å². The molecule has 2 aromatic rings. The second-order valence-corrected chi connectivity index (χ2v) is 5.17. The molecule has 0 saturated carbocycles. The van der Waals surface area contributed by atoms with Gasteiger partial charge in [-0.1, -0.05) is 12.1 Å². The van der Waals surface area contributed by atoms with Crippen molar-refractivity contribution in [2.75, 3.05) is 10.5 Å². The fourth-order valence-electron chi connectivity index (χ4n) is 1.39. The van der Waals surface area contributed by atoms with Crippen LogP contribution in [0.2, 0.25) is 0 Å². The van der Waals surface area contributed by atoms with Crippen LogP contribution in [0.3, 0.4) is 0 Å². The smallest absolute Gasteiger partial charge is 0.265 e. The van der Waals surface area contributed by atoms with E-state index >= 15 is 0 Å². The highest BCUT2D eigenvalue weighted by Crippen LogP contribution is 2.19. The Morgan fingerprint density at radius 1 is 1.29 bits per heavy atom. The Hall–Kier alpha value is -2.02. The molecular weight excluding hydrogens is 240 g/mol. The number of nitrogens with zero attached hydrogens (tertiary/aromatic N) is 2. The van der Waals surface area contributed by atoms with Crippen molar-refractivity contribution in [1.29, 1.82) is 0 Å². The highest BCUT2D eigenvalue weighted by atomic mass is 32.2. The molecule has 6 nitrogen and oxygen atoms in total. The van der Waals surface area contributed by atoms with Gasteiger partial charge in [0.1, 0.15) is 4.90 Å². The standard InChI is InChI=1S/C10H12N4O2S/c1-14-7-6-10(12-14)13-17(15,16)9-5-3-2-4-8(9)11/h2-7H,11H2,1H3,(H,12,13). The monoisotopic (exact) mass is 252 g/mol. The number of sulfonamides is 1. The molecule has 3 N–H and O–H groups in total. The van der Waals surface area contributed by atoms with Gasteiger partial charge in [0, 0.05) is 19.3 Å². The van der Waals surface area contributed by atoms with E-state index in [1.807, 2.05) is 0 Å². The fourth-order valence-corrected chi connectivity index (χ4v) is 2.52. The van der Waals surface area contributed by atoms with E-state index in [1.165, 1.54) is 16.8 Å². The van der Waals surface area contributed by atoms with Crippen LogP contribution in [-0.4, -0.2) is 18.2 Å². The summed E-state index contributed by atoms with van der Waals surface area (Å²) in [6.45, 7) is 0. The lowest BCUT2D eigenvalue weighted by atomic mass is 10.3. The Morgan fingerprint density at radius 3 is 2.59 bits per heavy atom. The zero-order valence-corrected chi connectivity index (χ0v) is 9.98. The van der Waals surface area contributed by atoms with E-state index in [0.29, 0.717) is 0 Å². The van der Waals surface area contributed by atoms with Gasteiger partial charge in [-0.15, -0.1) is 0 Å². The van der Waals surface area contributed by atoms with Crippen molar-refractivity contribution in [1.82, 2.24) is 9.78 Å². The summed E-state index contributed by atoms with van der Waals surface area (Å²) in [5, 5.41) is 3.94. The van der Waals surface area contributed by atoms with Gasteiger partial charge < -0.3 is 5.73 Å². The van der Waals surface area contributed by atoms with Crippen LogP contribution in [0.1, 0.15) is 0 Å².